The first kappa shape index (κ1) is 32.7. The fourth-order valence-electron chi connectivity index (χ4n) is 8.52. The van der Waals surface area contributed by atoms with Crippen molar-refractivity contribution in [3.63, 3.8) is 0 Å². The molecule has 58 heavy (non-hydrogen) atoms. The lowest BCUT2D eigenvalue weighted by molar-refractivity contribution is 1.07. The summed E-state index contributed by atoms with van der Waals surface area (Å²) in [6.07, 6.45) is 0. The second-order valence-electron chi connectivity index (χ2n) is 14.7. The number of thiazole rings is 1. The molecule has 0 fully saturated rings. The molecule has 0 aliphatic rings. The first-order valence-electron chi connectivity index (χ1n) is 19.4. The van der Waals surface area contributed by atoms with Gasteiger partial charge in [-0.25, -0.2) is 19.9 Å². The Morgan fingerprint density at radius 1 is 0.362 bits per heavy atom. The highest BCUT2D eigenvalue weighted by atomic mass is 32.1. The molecule has 0 aliphatic heterocycles. The predicted molar refractivity (Wildman–Crippen MR) is 242 cm³/mol. The van der Waals surface area contributed by atoms with Crippen LogP contribution >= 0.6 is 11.3 Å². The molecule has 5 nitrogen and oxygen atoms in total. The van der Waals surface area contributed by atoms with E-state index in [-0.39, 0.29) is 0 Å². The number of para-hydroxylation sites is 1. The zero-order valence-electron chi connectivity index (χ0n) is 31.0. The van der Waals surface area contributed by atoms with Gasteiger partial charge in [0, 0.05) is 44.1 Å². The third-order valence-electron chi connectivity index (χ3n) is 11.2. The summed E-state index contributed by atoms with van der Waals surface area (Å²) in [7, 11) is 0. The van der Waals surface area contributed by atoms with Crippen LogP contribution in [0, 0.1) is 0 Å². The Morgan fingerprint density at radius 3 is 1.71 bits per heavy atom. The molecule has 3 heterocycles. The van der Waals surface area contributed by atoms with E-state index in [2.05, 4.69) is 132 Å². The molecule has 0 radical (unpaired) electrons. The number of nitrogens with zero attached hydrogens (tertiary/aromatic N) is 5. The molecule has 0 unspecified atom stereocenters. The van der Waals surface area contributed by atoms with Crippen LogP contribution in [0.3, 0.4) is 0 Å². The lowest BCUT2D eigenvalue weighted by Crippen LogP contribution is -2.00. The molecule has 6 heteroatoms. The maximum Gasteiger partial charge on any atom is 0.164 e. The van der Waals surface area contributed by atoms with Crippen molar-refractivity contribution in [3.05, 3.63) is 188 Å². The van der Waals surface area contributed by atoms with Crippen molar-refractivity contribution in [3.8, 4) is 50.4 Å². The van der Waals surface area contributed by atoms with Crippen molar-refractivity contribution in [2.45, 2.75) is 0 Å². The Balaban J connectivity index is 1.01. The fourth-order valence-corrected chi connectivity index (χ4v) is 9.49. The van der Waals surface area contributed by atoms with E-state index in [1.807, 2.05) is 60.7 Å². The van der Waals surface area contributed by atoms with Crippen molar-refractivity contribution in [2.75, 3.05) is 0 Å². The van der Waals surface area contributed by atoms with E-state index in [0.29, 0.717) is 17.5 Å². The Kier molecular flexibility index (Phi) is 7.33. The van der Waals surface area contributed by atoms with Crippen LogP contribution in [0.5, 0.6) is 0 Å². The van der Waals surface area contributed by atoms with Gasteiger partial charge < -0.3 is 4.57 Å². The Morgan fingerprint density at radius 2 is 0.948 bits per heavy atom. The lowest BCUT2D eigenvalue weighted by atomic mass is 9.99. The van der Waals surface area contributed by atoms with Crippen LogP contribution < -0.4 is 0 Å². The van der Waals surface area contributed by atoms with E-state index in [1.54, 1.807) is 11.3 Å². The van der Waals surface area contributed by atoms with Gasteiger partial charge in [-0.05, 0) is 63.3 Å². The number of rotatable bonds is 5. The van der Waals surface area contributed by atoms with Crippen LogP contribution in [0.2, 0.25) is 0 Å². The summed E-state index contributed by atoms with van der Waals surface area (Å²) in [4.78, 5) is 20.3. The molecule has 0 N–H and O–H groups in total. The van der Waals surface area contributed by atoms with E-state index in [1.165, 1.54) is 32.6 Å². The minimum atomic E-state index is 0.639. The fraction of sp³-hybridized carbons (Fsp3) is 0. The maximum absolute atomic E-state index is 5.42. The minimum absolute atomic E-state index is 0.639. The standard InChI is InChI=1S/C52H31N5S/c1-4-13-34(14-5-1)49-54-50(35-15-6-2-7-16-35)56-51(55-49)37-22-26-41-36(30-37)21-20-33-25-29-45-48(46(33)41)53-52(58-45)38-23-27-42-44(31-38)57(39-17-8-3-9-18-39)43-28-24-32-12-10-11-19-40(32)47(42)43/h1-31H. The smallest absolute Gasteiger partial charge is 0.164 e. The second-order valence-corrected chi connectivity index (χ2v) is 15.7. The zero-order chi connectivity index (χ0) is 38.2. The topological polar surface area (TPSA) is 56.5 Å². The third-order valence-corrected chi connectivity index (χ3v) is 12.3. The van der Waals surface area contributed by atoms with Gasteiger partial charge in [0.15, 0.2) is 17.5 Å². The number of fused-ring (bicyclic) bond motifs is 10. The molecule has 0 amide bonds. The highest BCUT2D eigenvalue weighted by molar-refractivity contribution is 7.21. The van der Waals surface area contributed by atoms with Gasteiger partial charge >= 0.3 is 0 Å². The lowest BCUT2D eigenvalue weighted by Gasteiger charge is -2.10. The second kappa shape index (κ2) is 13.0. The summed E-state index contributed by atoms with van der Waals surface area (Å²) in [6.45, 7) is 0. The number of benzene rings is 9. The van der Waals surface area contributed by atoms with Crippen LogP contribution in [-0.4, -0.2) is 24.5 Å². The zero-order valence-corrected chi connectivity index (χ0v) is 31.9. The molecule has 0 bridgehead atoms. The molecule has 0 aliphatic carbocycles. The van der Waals surface area contributed by atoms with Gasteiger partial charge in [0.25, 0.3) is 0 Å². The van der Waals surface area contributed by atoms with Crippen molar-refractivity contribution in [1.82, 2.24) is 24.5 Å². The largest absolute Gasteiger partial charge is 0.309 e. The molecule has 0 saturated carbocycles. The summed E-state index contributed by atoms with van der Waals surface area (Å²) in [5.74, 6) is 1.94. The normalized spacial score (nSPS) is 11.8. The minimum Gasteiger partial charge on any atom is -0.309 e. The number of hydrogen-bond acceptors (Lipinski definition) is 5. The summed E-state index contributed by atoms with van der Waals surface area (Å²) in [5, 5.41) is 10.6. The summed E-state index contributed by atoms with van der Waals surface area (Å²) < 4.78 is 3.55. The predicted octanol–water partition coefficient (Wildman–Crippen LogP) is 13.7. The van der Waals surface area contributed by atoms with E-state index in [0.717, 1.165) is 64.7 Å². The molecule has 12 aromatic rings. The van der Waals surface area contributed by atoms with Gasteiger partial charge in [0.1, 0.15) is 5.01 Å². The van der Waals surface area contributed by atoms with Crippen molar-refractivity contribution in [2.24, 2.45) is 0 Å². The molecule has 0 saturated heterocycles. The molecular weight excluding hydrogens is 727 g/mol. The molecule has 12 rings (SSSR count). The van der Waals surface area contributed by atoms with Gasteiger partial charge in [-0.1, -0.05) is 152 Å². The molecule has 0 atom stereocenters. The SMILES string of the molecule is c1ccc(-c2nc(-c3ccccc3)nc(-c3ccc4c(ccc5ccc6sc(-c7ccc8c9c%10ccccc%10ccc9n(-c9ccccc9)c8c7)nc6c54)c3)n2)cc1. The first-order chi connectivity index (χ1) is 28.7. The van der Waals surface area contributed by atoms with E-state index >= 15 is 0 Å². The van der Waals surface area contributed by atoms with Crippen molar-refractivity contribution in [1.29, 1.82) is 0 Å². The van der Waals surface area contributed by atoms with Crippen molar-refractivity contribution >= 4 is 75.7 Å². The molecule has 0 spiro atoms. The molecular formula is C52H31N5S. The highest BCUT2D eigenvalue weighted by Crippen LogP contribution is 2.42. The van der Waals surface area contributed by atoms with Gasteiger partial charge in [-0.3, -0.25) is 0 Å². The number of aromatic nitrogens is 5. The highest BCUT2D eigenvalue weighted by Gasteiger charge is 2.19. The van der Waals surface area contributed by atoms with E-state index < -0.39 is 0 Å². The Bertz CT molecular complexity index is 3500. The van der Waals surface area contributed by atoms with Crippen LogP contribution in [0.15, 0.2) is 188 Å². The Hall–Kier alpha value is -7.54. The first-order valence-corrected chi connectivity index (χ1v) is 20.2. The van der Waals surface area contributed by atoms with Gasteiger partial charge in [-0.15, -0.1) is 11.3 Å². The van der Waals surface area contributed by atoms with Crippen LogP contribution in [0.1, 0.15) is 0 Å². The van der Waals surface area contributed by atoms with Crippen LogP contribution in [0.4, 0.5) is 0 Å². The van der Waals surface area contributed by atoms with E-state index in [4.69, 9.17) is 19.9 Å². The van der Waals surface area contributed by atoms with Gasteiger partial charge in [-0.2, -0.15) is 0 Å². The summed E-state index contributed by atoms with van der Waals surface area (Å²) in [5.41, 5.74) is 8.46. The van der Waals surface area contributed by atoms with Crippen molar-refractivity contribution < 1.29 is 0 Å². The average Bonchev–Trinajstić information content (AvgIpc) is 3.89. The molecule has 3 aromatic heterocycles. The molecule has 270 valence electrons. The van der Waals surface area contributed by atoms with Crippen LogP contribution in [-0.2, 0) is 0 Å². The quantitative estimate of drug-likeness (QED) is 0.164. The third kappa shape index (κ3) is 5.23. The van der Waals surface area contributed by atoms with Gasteiger partial charge in [0.05, 0.1) is 21.3 Å². The Labute approximate surface area is 337 Å². The molecule has 9 aromatic carbocycles. The van der Waals surface area contributed by atoms with Gasteiger partial charge in [0.2, 0.25) is 0 Å². The summed E-state index contributed by atoms with van der Waals surface area (Å²) >= 11 is 1.75. The van der Waals surface area contributed by atoms with E-state index in [9.17, 15) is 0 Å². The average molecular weight is 758 g/mol. The maximum atomic E-state index is 5.42. The summed E-state index contributed by atoms with van der Waals surface area (Å²) in [6, 6.07) is 66.2. The van der Waals surface area contributed by atoms with Crippen LogP contribution in [0.25, 0.3) is 115 Å². The number of hydrogen-bond donors (Lipinski definition) is 0. The monoisotopic (exact) mass is 757 g/mol.